The van der Waals surface area contributed by atoms with Gasteiger partial charge in [0.25, 0.3) is 5.91 Å². The summed E-state index contributed by atoms with van der Waals surface area (Å²) in [5.41, 5.74) is 4.49. The Bertz CT molecular complexity index is 1600. The maximum Gasteiger partial charge on any atom is 0.254 e. The molecule has 2 aliphatic rings. The number of ether oxygens (including phenoxy) is 1. The van der Waals surface area contributed by atoms with Gasteiger partial charge in [-0.2, -0.15) is 0 Å². The lowest BCUT2D eigenvalue weighted by molar-refractivity contribution is 0.0314. The number of carbonyl (C=O) groups excluding carboxylic acids is 1. The molecule has 4 heterocycles. The molecule has 0 unspecified atom stereocenters. The highest BCUT2D eigenvalue weighted by atomic mass is 19.1. The lowest BCUT2D eigenvalue weighted by Crippen LogP contribution is -2.38. The Balaban J connectivity index is 1.29. The summed E-state index contributed by atoms with van der Waals surface area (Å²) in [4.78, 5) is 27.7. The number of β-amino-alcohol motifs (C(OH)–C–C–N with tert-alkyl or cyclic N) is 1. The Morgan fingerprint density at radius 1 is 1.16 bits per heavy atom. The Morgan fingerprint density at radius 3 is 2.82 bits per heavy atom. The minimum atomic E-state index is -0.978. The number of benzene rings is 2. The normalized spacial score (nSPS) is 14.7. The van der Waals surface area contributed by atoms with Gasteiger partial charge in [-0.1, -0.05) is 0 Å². The third-order valence-corrected chi connectivity index (χ3v) is 6.72. The van der Waals surface area contributed by atoms with E-state index >= 15 is 4.39 Å². The number of carbonyl (C=O) groups is 1. The molecule has 4 aromatic rings. The van der Waals surface area contributed by atoms with Crippen molar-refractivity contribution >= 4 is 34.1 Å². The average Bonchev–Trinajstić information content (AvgIpc) is 3.17. The first-order valence-corrected chi connectivity index (χ1v) is 12.4. The number of anilines is 3. The van der Waals surface area contributed by atoms with Crippen molar-refractivity contribution in [1.29, 1.82) is 0 Å². The molecule has 0 spiro atoms. The van der Waals surface area contributed by atoms with Gasteiger partial charge in [0.05, 0.1) is 11.1 Å². The zero-order valence-electron chi connectivity index (χ0n) is 21.3. The molecule has 2 aromatic heterocycles. The molecule has 9 nitrogen and oxygen atoms in total. The summed E-state index contributed by atoms with van der Waals surface area (Å²) in [7, 11) is 0. The fourth-order valence-electron chi connectivity index (χ4n) is 4.99. The van der Waals surface area contributed by atoms with Crippen LogP contribution in [0.4, 0.5) is 21.7 Å². The topological polar surface area (TPSA) is 113 Å². The van der Waals surface area contributed by atoms with Crippen LogP contribution in [0.3, 0.4) is 0 Å². The van der Waals surface area contributed by atoms with E-state index in [4.69, 9.17) is 4.74 Å². The summed E-state index contributed by atoms with van der Waals surface area (Å²) < 4.78 is 20.8. The van der Waals surface area contributed by atoms with Crippen LogP contribution in [0, 0.1) is 12.7 Å². The van der Waals surface area contributed by atoms with Gasteiger partial charge < -0.3 is 25.4 Å². The van der Waals surface area contributed by atoms with Crippen LogP contribution >= 0.6 is 0 Å². The predicted octanol–water partition coefficient (Wildman–Crippen LogP) is 4.41. The van der Waals surface area contributed by atoms with Gasteiger partial charge in [0.15, 0.2) is 0 Å². The monoisotopic (exact) mass is 514 g/mol. The molecule has 0 radical (unpaired) electrons. The van der Waals surface area contributed by atoms with Gasteiger partial charge in [0.1, 0.15) is 18.1 Å². The second kappa shape index (κ2) is 8.91. The van der Waals surface area contributed by atoms with E-state index in [0.29, 0.717) is 59.1 Å². The Morgan fingerprint density at radius 2 is 2.00 bits per heavy atom. The van der Waals surface area contributed by atoms with E-state index in [-0.39, 0.29) is 18.3 Å². The van der Waals surface area contributed by atoms with E-state index in [2.05, 4.69) is 25.6 Å². The Hall–Kier alpha value is -4.31. The number of aromatic nitrogens is 3. The van der Waals surface area contributed by atoms with Crippen LogP contribution < -0.4 is 15.4 Å². The highest BCUT2D eigenvalue weighted by molar-refractivity contribution is 5.99. The molecular weight excluding hydrogens is 487 g/mol. The van der Waals surface area contributed by atoms with Crippen molar-refractivity contribution in [3.63, 3.8) is 0 Å². The number of nitrogens with one attached hydrogen (secondary N) is 2. The molecule has 38 heavy (non-hydrogen) atoms. The zero-order chi connectivity index (χ0) is 26.6. The molecule has 1 amide bonds. The lowest BCUT2D eigenvalue weighted by atomic mass is 9.99. The van der Waals surface area contributed by atoms with Crippen molar-refractivity contribution in [2.45, 2.75) is 32.9 Å². The third-order valence-electron chi connectivity index (χ3n) is 6.72. The van der Waals surface area contributed by atoms with E-state index in [9.17, 15) is 9.90 Å². The SMILES string of the molecule is Cc1c(-c2cc3nc(Nc4ccc5c(c4)CN(CC(C)(C)O)C5=O)ncc3cc2F)cnc2c1NCCO2. The number of fused-ring (bicyclic) bond motifs is 3. The molecule has 0 atom stereocenters. The molecule has 6 rings (SSSR count). The van der Waals surface area contributed by atoms with Crippen molar-refractivity contribution in [2.75, 3.05) is 30.3 Å². The largest absolute Gasteiger partial charge is 0.474 e. The van der Waals surface area contributed by atoms with Crippen LogP contribution in [0.5, 0.6) is 5.88 Å². The van der Waals surface area contributed by atoms with Crippen LogP contribution in [-0.2, 0) is 6.54 Å². The standard InChI is InChI=1S/C28H27FN6O3/c1-15-21(12-31-25-24(15)30-6-7-38-25)20-10-23-16(9-22(20)29)11-32-27(34-23)33-18-4-5-19-17(8-18)13-35(26(19)36)14-28(2,3)37/h4-5,8-12,30,37H,6-7,13-14H2,1-3H3,(H,32,33,34). The third kappa shape index (κ3) is 4.37. The van der Waals surface area contributed by atoms with Crippen molar-refractivity contribution in [3.05, 3.63) is 65.2 Å². The number of halogens is 1. The number of rotatable bonds is 5. The fraction of sp³-hybridized carbons (Fsp3) is 0.286. The van der Waals surface area contributed by atoms with Crippen LogP contribution in [-0.4, -0.2) is 56.2 Å². The van der Waals surface area contributed by atoms with Crippen LogP contribution in [0.1, 0.15) is 35.3 Å². The van der Waals surface area contributed by atoms with E-state index in [1.165, 1.54) is 6.07 Å². The molecule has 2 aliphatic heterocycles. The van der Waals surface area contributed by atoms with Gasteiger partial charge >= 0.3 is 0 Å². The second-order valence-electron chi connectivity index (χ2n) is 10.3. The van der Waals surface area contributed by atoms with Crippen molar-refractivity contribution in [3.8, 4) is 17.0 Å². The number of hydrogen-bond acceptors (Lipinski definition) is 8. The van der Waals surface area contributed by atoms with E-state index in [1.807, 2.05) is 13.0 Å². The first kappa shape index (κ1) is 24.1. The zero-order valence-corrected chi connectivity index (χ0v) is 21.3. The summed E-state index contributed by atoms with van der Waals surface area (Å²) in [5, 5.41) is 17.2. The number of pyridine rings is 1. The molecule has 0 saturated carbocycles. The van der Waals surface area contributed by atoms with Gasteiger partial charge in [-0.25, -0.2) is 19.3 Å². The van der Waals surface area contributed by atoms with Crippen LogP contribution in [0.25, 0.3) is 22.0 Å². The van der Waals surface area contributed by atoms with E-state index in [1.54, 1.807) is 49.3 Å². The molecule has 3 N–H and O–H groups in total. The Kier molecular flexibility index (Phi) is 5.64. The number of amides is 1. The lowest BCUT2D eigenvalue weighted by Gasteiger charge is -2.24. The molecule has 0 bridgehead atoms. The summed E-state index contributed by atoms with van der Waals surface area (Å²) in [5.74, 6) is 0.385. The summed E-state index contributed by atoms with van der Waals surface area (Å²) in [6.07, 6.45) is 3.20. The summed E-state index contributed by atoms with van der Waals surface area (Å²) in [6, 6.07) is 8.58. The van der Waals surface area contributed by atoms with E-state index in [0.717, 1.165) is 22.5 Å². The average molecular weight is 515 g/mol. The summed E-state index contributed by atoms with van der Waals surface area (Å²) in [6.45, 7) is 7.14. The summed E-state index contributed by atoms with van der Waals surface area (Å²) >= 11 is 0. The molecule has 2 aromatic carbocycles. The van der Waals surface area contributed by atoms with Crippen molar-refractivity contribution in [1.82, 2.24) is 19.9 Å². The minimum Gasteiger partial charge on any atom is -0.474 e. The molecular formula is C28H27FN6O3. The molecule has 0 saturated heterocycles. The van der Waals surface area contributed by atoms with Crippen LogP contribution in [0.15, 0.2) is 42.7 Å². The number of hydrogen-bond donors (Lipinski definition) is 3. The highest BCUT2D eigenvalue weighted by Crippen LogP contribution is 2.37. The van der Waals surface area contributed by atoms with Gasteiger partial charge in [-0.05, 0) is 62.2 Å². The predicted molar refractivity (Wildman–Crippen MR) is 142 cm³/mol. The quantitative estimate of drug-likeness (QED) is 0.359. The molecule has 0 aliphatic carbocycles. The van der Waals surface area contributed by atoms with E-state index < -0.39 is 5.60 Å². The molecule has 194 valence electrons. The van der Waals surface area contributed by atoms with Gasteiger partial charge in [-0.3, -0.25) is 4.79 Å². The van der Waals surface area contributed by atoms with Crippen molar-refractivity contribution in [2.24, 2.45) is 0 Å². The van der Waals surface area contributed by atoms with Gasteiger partial charge in [-0.15, -0.1) is 0 Å². The minimum absolute atomic E-state index is 0.0982. The Labute approximate surface area is 218 Å². The molecule has 0 fully saturated rings. The fourth-order valence-corrected chi connectivity index (χ4v) is 4.99. The molecule has 10 heteroatoms. The first-order valence-electron chi connectivity index (χ1n) is 12.4. The number of nitrogens with zero attached hydrogens (tertiary/aromatic N) is 4. The van der Waals surface area contributed by atoms with Crippen molar-refractivity contribution < 1.29 is 19.0 Å². The smallest absolute Gasteiger partial charge is 0.254 e. The second-order valence-corrected chi connectivity index (χ2v) is 10.3. The van der Waals surface area contributed by atoms with Gasteiger partial charge in [0.2, 0.25) is 11.8 Å². The maximum absolute atomic E-state index is 15.2. The maximum atomic E-state index is 15.2. The van der Waals surface area contributed by atoms with Crippen LogP contribution in [0.2, 0.25) is 0 Å². The number of aliphatic hydroxyl groups is 1. The first-order chi connectivity index (χ1) is 18.2. The van der Waals surface area contributed by atoms with Gasteiger partial charge in [0, 0.05) is 59.8 Å². The highest BCUT2D eigenvalue weighted by Gasteiger charge is 2.31.